The summed E-state index contributed by atoms with van der Waals surface area (Å²) in [6, 6.07) is 22.7. The highest BCUT2D eigenvalue weighted by Crippen LogP contribution is 2.57. The fourth-order valence-electron chi connectivity index (χ4n) is 5.49. The van der Waals surface area contributed by atoms with Crippen LogP contribution in [-0.2, 0) is 11.3 Å². The highest BCUT2D eigenvalue weighted by atomic mass is 32.1. The zero-order chi connectivity index (χ0) is 20.6. The van der Waals surface area contributed by atoms with Crippen molar-refractivity contribution in [2.75, 3.05) is 13.1 Å². The van der Waals surface area contributed by atoms with Crippen molar-refractivity contribution >= 4 is 22.9 Å². The van der Waals surface area contributed by atoms with E-state index in [0.717, 1.165) is 25.1 Å². The standard InChI is InChI=1S/C26H25NO2S/c28-25(29)26-18-27(15-19-7-3-1-4-8-19)16-24(26)22(21-13-14-30-17-21)11-12-23(26)20-9-5-2-6-10-20/h1-11,13-14,17,23-24H,12,15-16,18H2,(H,28,29). The number of allylic oxidation sites excluding steroid dienone is 1. The van der Waals surface area contributed by atoms with E-state index in [1.165, 1.54) is 16.7 Å². The molecule has 3 nitrogen and oxygen atoms in total. The van der Waals surface area contributed by atoms with Gasteiger partial charge in [-0.05, 0) is 45.5 Å². The maximum Gasteiger partial charge on any atom is 0.312 e. The lowest BCUT2D eigenvalue weighted by Gasteiger charge is -2.42. The van der Waals surface area contributed by atoms with Crippen LogP contribution in [0, 0.1) is 11.3 Å². The first kappa shape index (κ1) is 19.3. The molecule has 0 bridgehead atoms. The molecule has 3 unspecified atom stereocenters. The summed E-state index contributed by atoms with van der Waals surface area (Å²) in [5.74, 6) is -0.714. The molecule has 30 heavy (non-hydrogen) atoms. The third-order valence-electron chi connectivity index (χ3n) is 6.82. The molecule has 2 heterocycles. The highest BCUT2D eigenvalue weighted by Gasteiger charge is 2.59. The average Bonchev–Trinajstić information content (AvgIpc) is 3.43. The van der Waals surface area contributed by atoms with Crippen LogP contribution >= 0.6 is 11.3 Å². The fourth-order valence-corrected chi connectivity index (χ4v) is 6.15. The van der Waals surface area contributed by atoms with Crippen LogP contribution in [0.25, 0.3) is 5.57 Å². The summed E-state index contributed by atoms with van der Waals surface area (Å²) >= 11 is 1.67. The molecule has 0 amide bonds. The second-order valence-corrected chi connectivity index (χ2v) is 9.20. The number of hydrogen-bond acceptors (Lipinski definition) is 3. The minimum atomic E-state index is -0.817. The van der Waals surface area contributed by atoms with E-state index in [-0.39, 0.29) is 11.8 Å². The number of carbonyl (C=O) groups is 1. The van der Waals surface area contributed by atoms with E-state index in [4.69, 9.17) is 0 Å². The number of thiophene rings is 1. The topological polar surface area (TPSA) is 40.5 Å². The first-order chi connectivity index (χ1) is 14.7. The van der Waals surface area contributed by atoms with Crippen LogP contribution in [0.5, 0.6) is 0 Å². The third kappa shape index (κ3) is 3.21. The summed E-state index contributed by atoms with van der Waals surface area (Å²) in [6.45, 7) is 2.12. The zero-order valence-electron chi connectivity index (χ0n) is 16.8. The zero-order valence-corrected chi connectivity index (χ0v) is 17.6. The van der Waals surface area contributed by atoms with Gasteiger partial charge >= 0.3 is 5.97 Å². The first-order valence-corrected chi connectivity index (χ1v) is 11.4. The molecule has 2 aromatic carbocycles. The lowest BCUT2D eigenvalue weighted by atomic mass is 9.59. The highest BCUT2D eigenvalue weighted by molar-refractivity contribution is 7.08. The number of aliphatic carboxylic acids is 1. The van der Waals surface area contributed by atoms with E-state index in [1.807, 2.05) is 24.3 Å². The number of carboxylic acid groups (broad SMARTS) is 1. The molecule has 1 aliphatic carbocycles. The Morgan fingerprint density at radius 1 is 1.03 bits per heavy atom. The monoisotopic (exact) mass is 415 g/mol. The van der Waals surface area contributed by atoms with Gasteiger partial charge in [-0.15, -0.1) is 0 Å². The predicted molar refractivity (Wildman–Crippen MR) is 121 cm³/mol. The van der Waals surface area contributed by atoms with Gasteiger partial charge in [0.2, 0.25) is 0 Å². The van der Waals surface area contributed by atoms with Gasteiger partial charge in [0.1, 0.15) is 0 Å². The van der Waals surface area contributed by atoms with Crippen molar-refractivity contribution in [2.45, 2.75) is 18.9 Å². The maximum absolute atomic E-state index is 13.0. The SMILES string of the molecule is O=C(O)C12CN(Cc3ccccc3)CC1C(c1ccsc1)=CCC2c1ccccc1. The molecule has 4 heteroatoms. The number of hydrogen-bond donors (Lipinski definition) is 1. The predicted octanol–water partition coefficient (Wildman–Crippen LogP) is 5.52. The molecular formula is C26H25NO2S. The Bertz CT molecular complexity index is 1050. The van der Waals surface area contributed by atoms with Crippen molar-refractivity contribution in [3.05, 3.63) is 100 Å². The van der Waals surface area contributed by atoms with Gasteiger partial charge in [-0.1, -0.05) is 66.7 Å². The molecule has 1 fully saturated rings. The van der Waals surface area contributed by atoms with Crippen LogP contribution in [0.15, 0.2) is 83.6 Å². The molecule has 5 rings (SSSR count). The largest absolute Gasteiger partial charge is 0.481 e. The van der Waals surface area contributed by atoms with Crippen molar-refractivity contribution < 1.29 is 9.90 Å². The molecule has 0 spiro atoms. The summed E-state index contributed by atoms with van der Waals surface area (Å²) in [6.07, 6.45) is 3.06. The second-order valence-electron chi connectivity index (χ2n) is 8.42. The van der Waals surface area contributed by atoms with Gasteiger partial charge in [0.15, 0.2) is 0 Å². The van der Waals surface area contributed by atoms with Gasteiger partial charge in [-0.2, -0.15) is 11.3 Å². The molecule has 0 radical (unpaired) electrons. The van der Waals surface area contributed by atoms with E-state index in [2.05, 4.69) is 64.2 Å². The second kappa shape index (κ2) is 7.86. The Morgan fingerprint density at radius 3 is 2.43 bits per heavy atom. The molecule has 1 saturated heterocycles. The Morgan fingerprint density at radius 2 is 1.77 bits per heavy atom. The molecule has 1 aromatic heterocycles. The van der Waals surface area contributed by atoms with Crippen LogP contribution in [-0.4, -0.2) is 29.1 Å². The molecule has 3 atom stereocenters. The maximum atomic E-state index is 13.0. The lowest BCUT2D eigenvalue weighted by molar-refractivity contribution is -0.151. The van der Waals surface area contributed by atoms with E-state index in [0.29, 0.717) is 6.54 Å². The van der Waals surface area contributed by atoms with Crippen molar-refractivity contribution in [3.63, 3.8) is 0 Å². The van der Waals surface area contributed by atoms with Crippen LogP contribution in [0.1, 0.15) is 29.0 Å². The van der Waals surface area contributed by atoms with Crippen molar-refractivity contribution in [2.24, 2.45) is 11.3 Å². The van der Waals surface area contributed by atoms with Gasteiger partial charge < -0.3 is 5.11 Å². The molecule has 2 aliphatic rings. The smallest absolute Gasteiger partial charge is 0.312 e. The summed E-state index contributed by atoms with van der Waals surface area (Å²) in [7, 11) is 0. The van der Waals surface area contributed by atoms with Crippen molar-refractivity contribution in [1.29, 1.82) is 0 Å². The molecule has 1 aliphatic heterocycles. The normalized spacial score (nSPS) is 26.2. The average molecular weight is 416 g/mol. The van der Waals surface area contributed by atoms with Gasteiger partial charge in [0.25, 0.3) is 0 Å². The number of carboxylic acids is 1. The van der Waals surface area contributed by atoms with E-state index < -0.39 is 11.4 Å². The van der Waals surface area contributed by atoms with Gasteiger partial charge in [-0.3, -0.25) is 9.69 Å². The molecule has 152 valence electrons. The molecule has 3 aromatic rings. The summed E-state index contributed by atoms with van der Waals surface area (Å²) in [5.41, 5.74) is 3.94. The molecule has 1 N–H and O–H groups in total. The number of benzene rings is 2. The van der Waals surface area contributed by atoms with Crippen molar-refractivity contribution in [1.82, 2.24) is 4.90 Å². The van der Waals surface area contributed by atoms with Crippen LogP contribution in [0.2, 0.25) is 0 Å². The fraction of sp³-hybridized carbons (Fsp3) is 0.269. The van der Waals surface area contributed by atoms with E-state index in [1.54, 1.807) is 11.3 Å². The van der Waals surface area contributed by atoms with Gasteiger partial charge in [0, 0.05) is 31.5 Å². The summed E-state index contributed by atoms with van der Waals surface area (Å²) in [5, 5.41) is 14.9. The number of rotatable bonds is 5. The minimum Gasteiger partial charge on any atom is -0.481 e. The van der Waals surface area contributed by atoms with E-state index in [9.17, 15) is 9.90 Å². The van der Waals surface area contributed by atoms with Crippen LogP contribution in [0.4, 0.5) is 0 Å². The summed E-state index contributed by atoms with van der Waals surface area (Å²) in [4.78, 5) is 15.3. The molecular weight excluding hydrogens is 390 g/mol. The number of likely N-dealkylation sites (tertiary alicyclic amines) is 1. The van der Waals surface area contributed by atoms with E-state index >= 15 is 0 Å². The number of nitrogens with zero attached hydrogens (tertiary/aromatic N) is 1. The quantitative estimate of drug-likeness (QED) is 0.596. The van der Waals surface area contributed by atoms with Crippen molar-refractivity contribution in [3.8, 4) is 0 Å². The summed E-state index contributed by atoms with van der Waals surface area (Å²) < 4.78 is 0. The number of fused-ring (bicyclic) bond motifs is 1. The third-order valence-corrected chi connectivity index (χ3v) is 7.51. The first-order valence-electron chi connectivity index (χ1n) is 10.5. The Kier molecular flexibility index (Phi) is 5.05. The van der Waals surface area contributed by atoms with Gasteiger partial charge in [-0.25, -0.2) is 0 Å². The van der Waals surface area contributed by atoms with Gasteiger partial charge in [0.05, 0.1) is 5.41 Å². The Labute approximate surface area is 181 Å². The molecule has 0 saturated carbocycles. The minimum absolute atomic E-state index is 0.0210. The van der Waals surface area contributed by atoms with Crippen LogP contribution in [0.3, 0.4) is 0 Å². The Hall–Kier alpha value is -2.69. The lowest BCUT2D eigenvalue weighted by Crippen LogP contribution is -2.46. The Balaban J connectivity index is 1.58. The van der Waals surface area contributed by atoms with Crippen LogP contribution < -0.4 is 0 Å².